The van der Waals surface area contributed by atoms with E-state index in [1.807, 2.05) is 55.5 Å². The van der Waals surface area contributed by atoms with Crippen LogP contribution >= 0.6 is 11.6 Å². The summed E-state index contributed by atoms with van der Waals surface area (Å²) in [6.07, 6.45) is 5.56. The lowest BCUT2D eigenvalue weighted by Crippen LogP contribution is -2.48. The Morgan fingerprint density at radius 1 is 1.13 bits per heavy atom. The summed E-state index contributed by atoms with van der Waals surface area (Å²) in [5.41, 5.74) is 3.28. The lowest BCUT2D eigenvalue weighted by atomic mass is 10.1. The highest BCUT2D eigenvalue weighted by molar-refractivity contribution is 6.34. The van der Waals surface area contributed by atoms with Crippen LogP contribution in [0, 0.1) is 6.92 Å². The van der Waals surface area contributed by atoms with Gasteiger partial charge in [-0.25, -0.2) is 9.78 Å². The molecule has 2 amide bonds. The topological polar surface area (TPSA) is 70.6 Å². The number of amides is 2. The molecule has 2 aromatic carbocycles. The number of carbonyl (C=O) groups is 1. The number of hydrogen-bond donors (Lipinski definition) is 1. The minimum Gasteiger partial charge on any atom is -0.489 e. The maximum Gasteiger partial charge on any atom is 0.330 e. The summed E-state index contributed by atoms with van der Waals surface area (Å²) < 4.78 is 5.78. The fourth-order valence-electron chi connectivity index (χ4n) is 3.77. The molecule has 156 valence electrons. The van der Waals surface area contributed by atoms with Gasteiger partial charge in [-0.05, 0) is 36.8 Å². The molecule has 2 aliphatic heterocycles. The van der Waals surface area contributed by atoms with Crippen molar-refractivity contribution >= 4 is 40.8 Å². The Morgan fingerprint density at radius 3 is 2.87 bits per heavy atom. The molecule has 31 heavy (non-hydrogen) atoms. The van der Waals surface area contributed by atoms with Gasteiger partial charge in [-0.1, -0.05) is 35.9 Å². The van der Waals surface area contributed by atoms with Gasteiger partial charge in [0, 0.05) is 30.1 Å². The van der Waals surface area contributed by atoms with Crippen LogP contribution in [0.25, 0.3) is 0 Å². The van der Waals surface area contributed by atoms with Crippen molar-refractivity contribution in [3.8, 4) is 5.75 Å². The zero-order chi connectivity index (χ0) is 21.4. The Morgan fingerprint density at radius 2 is 2.00 bits per heavy atom. The number of benzene rings is 2. The van der Waals surface area contributed by atoms with Crippen LogP contribution < -0.4 is 19.9 Å². The zero-order valence-electron chi connectivity index (χ0n) is 16.9. The summed E-state index contributed by atoms with van der Waals surface area (Å²) in [6, 6.07) is 13.0. The molecule has 0 atom stereocenters. The van der Waals surface area contributed by atoms with Gasteiger partial charge >= 0.3 is 6.03 Å². The molecule has 2 aliphatic rings. The molecule has 1 N–H and O–H groups in total. The van der Waals surface area contributed by atoms with Crippen molar-refractivity contribution in [1.82, 2.24) is 9.97 Å². The number of para-hydroxylation sites is 1. The Hall–Kier alpha value is -3.58. The van der Waals surface area contributed by atoms with E-state index in [9.17, 15) is 4.79 Å². The maximum atomic E-state index is 13.5. The number of fused-ring (bicyclic) bond motifs is 3. The molecule has 3 aromatic rings. The Kier molecular flexibility index (Phi) is 4.95. The number of aromatic nitrogens is 2. The van der Waals surface area contributed by atoms with E-state index in [1.54, 1.807) is 22.1 Å². The van der Waals surface area contributed by atoms with Crippen LogP contribution in [-0.2, 0) is 6.54 Å². The van der Waals surface area contributed by atoms with E-state index >= 15 is 0 Å². The molecule has 3 heterocycles. The van der Waals surface area contributed by atoms with Crippen molar-refractivity contribution in [3.05, 3.63) is 77.0 Å². The lowest BCUT2D eigenvalue weighted by molar-refractivity contribution is 0.250. The SMILES string of the molecule is Cc1cccc(Cl)c1N1Cc2cnc3nc2N(C/C=C\COc2cccc(c2)N3)C1=O. The van der Waals surface area contributed by atoms with Gasteiger partial charge in [0.1, 0.15) is 18.2 Å². The van der Waals surface area contributed by atoms with Gasteiger partial charge in [0.2, 0.25) is 5.95 Å². The molecular formula is C23H20ClN5O2. The predicted octanol–water partition coefficient (Wildman–Crippen LogP) is 5.08. The number of urea groups is 1. The van der Waals surface area contributed by atoms with Crippen molar-refractivity contribution in [3.63, 3.8) is 0 Å². The molecule has 8 heteroatoms. The summed E-state index contributed by atoms with van der Waals surface area (Å²) in [5.74, 6) is 1.74. The van der Waals surface area contributed by atoms with E-state index in [2.05, 4.69) is 15.3 Å². The molecule has 0 aliphatic carbocycles. The van der Waals surface area contributed by atoms with Gasteiger partial charge in [0.15, 0.2) is 0 Å². The fourth-order valence-corrected chi connectivity index (χ4v) is 4.09. The van der Waals surface area contributed by atoms with Crippen molar-refractivity contribution in [1.29, 1.82) is 0 Å². The summed E-state index contributed by atoms with van der Waals surface area (Å²) in [6.45, 7) is 3.04. The first-order valence-corrected chi connectivity index (χ1v) is 10.3. The van der Waals surface area contributed by atoms with E-state index in [0.717, 1.165) is 22.6 Å². The molecular weight excluding hydrogens is 414 g/mol. The van der Waals surface area contributed by atoms with Gasteiger partial charge in [-0.2, -0.15) is 4.98 Å². The van der Waals surface area contributed by atoms with Crippen LogP contribution in [0.5, 0.6) is 5.75 Å². The zero-order valence-corrected chi connectivity index (χ0v) is 17.6. The molecule has 0 saturated carbocycles. The lowest BCUT2D eigenvalue weighted by Gasteiger charge is -2.36. The van der Waals surface area contributed by atoms with Crippen LogP contribution in [0.3, 0.4) is 0 Å². The minimum absolute atomic E-state index is 0.186. The first-order chi connectivity index (χ1) is 15.1. The molecule has 5 rings (SSSR count). The van der Waals surface area contributed by atoms with Gasteiger partial charge in [-0.15, -0.1) is 0 Å². The summed E-state index contributed by atoms with van der Waals surface area (Å²) >= 11 is 6.47. The van der Waals surface area contributed by atoms with Crippen LogP contribution in [-0.4, -0.2) is 29.2 Å². The number of anilines is 4. The molecule has 7 nitrogen and oxygen atoms in total. The summed E-state index contributed by atoms with van der Waals surface area (Å²) in [5, 5.41) is 3.73. The van der Waals surface area contributed by atoms with Crippen molar-refractivity contribution in [2.24, 2.45) is 0 Å². The number of ether oxygens (including phenoxy) is 1. The van der Waals surface area contributed by atoms with Gasteiger partial charge in [-0.3, -0.25) is 9.80 Å². The number of nitrogens with zero attached hydrogens (tertiary/aromatic N) is 4. The normalized spacial score (nSPS) is 16.4. The predicted molar refractivity (Wildman–Crippen MR) is 122 cm³/mol. The quantitative estimate of drug-likeness (QED) is 0.542. The number of hydrogen-bond acceptors (Lipinski definition) is 5. The third-order valence-electron chi connectivity index (χ3n) is 5.24. The number of halogens is 1. The average molecular weight is 434 g/mol. The first-order valence-electron chi connectivity index (χ1n) is 9.95. The highest BCUT2D eigenvalue weighted by Gasteiger charge is 2.34. The van der Waals surface area contributed by atoms with Crippen LogP contribution in [0.15, 0.2) is 60.8 Å². The molecule has 1 aromatic heterocycles. The minimum atomic E-state index is -0.186. The summed E-state index contributed by atoms with van der Waals surface area (Å²) in [7, 11) is 0. The highest BCUT2D eigenvalue weighted by atomic mass is 35.5. The third kappa shape index (κ3) is 3.68. The second kappa shape index (κ2) is 7.92. The van der Waals surface area contributed by atoms with Crippen LogP contribution in [0.2, 0.25) is 5.02 Å². The Labute approximate surface area is 184 Å². The van der Waals surface area contributed by atoms with Crippen molar-refractivity contribution in [2.75, 3.05) is 28.3 Å². The number of nitrogens with one attached hydrogen (secondary N) is 1. The monoisotopic (exact) mass is 433 g/mol. The molecule has 0 spiro atoms. The number of rotatable bonds is 1. The van der Waals surface area contributed by atoms with E-state index < -0.39 is 0 Å². The van der Waals surface area contributed by atoms with Gasteiger partial charge in [0.05, 0.1) is 17.3 Å². The smallest absolute Gasteiger partial charge is 0.330 e. The van der Waals surface area contributed by atoms with Gasteiger partial charge in [0.25, 0.3) is 0 Å². The number of aryl methyl sites for hydroxylation is 1. The molecule has 0 saturated heterocycles. The fraction of sp³-hybridized carbons (Fsp3) is 0.174. The molecule has 0 fully saturated rings. The molecule has 0 unspecified atom stereocenters. The average Bonchev–Trinajstić information content (AvgIpc) is 2.76. The van der Waals surface area contributed by atoms with Crippen molar-refractivity contribution < 1.29 is 9.53 Å². The van der Waals surface area contributed by atoms with E-state index in [-0.39, 0.29) is 6.03 Å². The van der Waals surface area contributed by atoms with Gasteiger partial charge < -0.3 is 10.1 Å². The largest absolute Gasteiger partial charge is 0.489 e. The van der Waals surface area contributed by atoms with Crippen LogP contribution in [0.1, 0.15) is 11.1 Å². The van der Waals surface area contributed by atoms with E-state index in [1.165, 1.54) is 0 Å². The third-order valence-corrected chi connectivity index (χ3v) is 5.54. The Bertz CT molecular complexity index is 1180. The van der Waals surface area contributed by atoms with E-state index in [0.29, 0.717) is 42.2 Å². The molecule has 4 bridgehead atoms. The first kappa shape index (κ1) is 19.4. The highest BCUT2D eigenvalue weighted by Crippen LogP contribution is 2.36. The molecule has 0 radical (unpaired) electrons. The maximum absolute atomic E-state index is 13.5. The summed E-state index contributed by atoms with van der Waals surface area (Å²) in [4.78, 5) is 26.0. The van der Waals surface area contributed by atoms with Crippen LogP contribution in [0.4, 0.5) is 27.9 Å². The second-order valence-corrected chi connectivity index (χ2v) is 7.77. The van der Waals surface area contributed by atoms with E-state index in [4.69, 9.17) is 16.3 Å². The second-order valence-electron chi connectivity index (χ2n) is 7.36. The van der Waals surface area contributed by atoms with Crippen molar-refractivity contribution in [2.45, 2.75) is 13.5 Å². The standard InChI is InChI=1S/C23H20ClN5O2/c1-15-6-4-9-19(24)20(15)29-14-16-13-25-22-26-17-7-5-8-18(12-17)31-11-3-2-10-28(23(29)30)21(16)27-22/h2-9,12-13H,10-11,14H2,1H3,(H,25,26,27)/b3-2-. The number of carbonyl (C=O) groups excluding carboxylic acids is 1. The Balaban J connectivity index is 1.59.